The second kappa shape index (κ2) is 11.3. The maximum atomic E-state index is 13.6. The number of benzene rings is 2. The molecule has 2 fully saturated rings. The third-order valence-electron chi connectivity index (χ3n) is 6.84. The van der Waals surface area contributed by atoms with Gasteiger partial charge in [-0.1, -0.05) is 24.4 Å². The topological polar surface area (TPSA) is 85.8 Å². The Morgan fingerprint density at radius 3 is 2.71 bits per heavy atom. The van der Waals surface area contributed by atoms with Gasteiger partial charge in [-0.05, 0) is 56.9 Å². The van der Waals surface area contributed by atoms with E-state index in [2.05, 4.69) is 15.3 Å². The molecule has 0 amide bonds. The molecule has 0 radical (unpaired) electrons. The first kappa shape index (κ1) is 26.4. The molecule has 202 valence electrons. The maximum absolute atomic E-state index is 13.6. The molecule has 1 N–H and O–H groups in total. The summed E-state index contributed by atoms with van der Waals surface area (Å²) < 4.78 is 31.5. The van der Waals surface area contributed by atoms with Gasteiger partial charge in [-0.15, -0.1) is 0 Å². The van der Waals surface area contributed by atoms with Crippen molar-refractivity contribution in [1.29, 1.82) is 0 Å². The van der Waals surface area contributed by atoms with Crippen molar-refractivity contribution in [2.24, 2.45) is 5.92 Å². The molecule has 1 saturated heterocycles. The van der Waals surface area contributed by atoms with E-state index in [1.54, 1.807) is 6.07 Å². The molecule has 2 aromatic carbocycles. The molecule has 1 aromatic heterocycles. The van der Waals surface area contributed by atoms with Gasteiger partial charge in [0.15, 0.2) is 11.5 Å². The van der Waals surface area contributed by atoms with Gasteiger partial charge in [-0.25, -0.2) is 14.4 Å². The lowest BCUT2D eigenvalue weighted by Gasteiger charge is -2.37. The fourth-order valence-corrected chi connectivity index (χ4v) is 5.26. The maximum Gasteiger partial charge on any atom is 0.320 e. The van der Waals surface area contributed by atoms with Crippen molar-refractivity contribution in [3.8, 4) is 11.5 Å². The van der Waals surface area contributed by atoms with Gasteiger partial charge >= 0.3 is 5.97 Å². The van der Waals surface area contributed by atoms with Gasteiger partial charge in [0.05, 0.1) is 23.7 Å². The molecule has 0 bridgehead atoms. The molecule has 3 aromatic rings. The summed E-state index contributed by atoms with van der Waals surface area (Å²) in [6.07, 6.45) is 6.23. The molecule has 1 saturated carbocycles. The van der Waals surface area contributed by atoms with E-state index in [1.807, 2.05) is 30.9 Å². The number of carbonyl (C=O) groups excluding carboxylic acids is 1. The first-order valence-corrected chi connectivity index (χ1v) is 13.3. The Morgan fingerprint density at radius 2 is 1.95 bits per heavy atom. The third-order valence-corrected chi connectivity index (χ3v) is 7.13. The predicted molar refractivity (Wildman–Crippen MR) is 144 cm³/mol. The minimum Gasteiger partial charge on any atom is -0.489 e. The number of carbonyl (C=O) groups is 1. The number of aromatic nitrogens is 2. The molecule has 0 unspecified atom stereocenters. The highest BCUT2D eigenvalue weighted by Crippen LogP contribution is 2.36. The largest absolute Gasteiger partial charge is 0.489 e. The van der Waals surface area contributed by atoms with Crippen molar-refractivity contribution in [1.82, 2.24) is 14.9 Å². The summed E-state index contributed by atoms with van der Waals surface area (Å²) in [5.74, 6) is 1.54. The Balaban J connectivity index is 1.37. The molecule has 1 aliphatic carbocycles. The standard InChI is InChI=1S/C28H32ClFN4O4/c1-28(2)16-34(14-26(35)38-28)9-10-36-25-13-23-20(12-24(25)37-15-18-5-3-4-6-18)27(32-17-31-23)33-19-7-8-22(30)21(29)11-19/h7-8,11-13,17-18H,3-6,9-10,14-16H2,1-2H3,(H,31,32,33). The Kier molecular flexibility index (Phi) is 7.85. The predicted octanol–water partition coefficient (Wildman–Crippen LogP) is 5.75. The lowest BCUT2D eigenvalue weighted by atomic mass is 10.1. The summed E-state index contributed by atoms with van der Waals surface area (Å²) in [4.78, 5) is 22.8. The number of nitrogens with one attached hydrogen (secondary N) is 1. The Bertz CT molecular complexity index is 1320. The molecular weight excluding hydrogens is 511 g/mol. The lowest BCUT2D eigenvalue weighted by Crippen LogP contribution is -2.51. The highest BCUT2D eigenvalue weighted by molar-refractivity contribution is 6.31. The number of esters is 1. The van der Waals surface area contributed by atoms with Crippen LogP contribution in [0.2, 0.25) is 5.02 Å². The van der Waals surface area contributed by atoms with Gasteiger partial charge in [-0.3, -0.25) is 9.69 Å². The number of anilines is 2. The van der Waals surface area contributed by atoms with Crippen molar-refractivity contribution in [3.63, 3.8) is 0 Å². The molecule has 8 nitrogen and oxygen atoms in total. The normalized spacial score (nSPS) is 17.9. The fraction of sp³-hybridized carbons (Fsp3) is 0.464. The minimum atomic E-state index is -0.525. The average molecular weight is 543 g/mol. The third kappa shape index (κ3) is 6.45. The van der Waals surface area contributed by atoms with Crippen LogP contribution >= 0.6 is 11.6 Å². The second-order valence-corrected chi connectivity index (χ2v) is 11.0. The molecule has 2 aliphatic rings. The van der Waals surface area contributed by atoms with Gasteiger partial charge in [0.25, 0.3) is 0 Å². The van der Waals surface area contributed by atoms with Crippen LogP contribution in [0.3, 0.4) is 0 Å². The Morgan fingerprint density at radius 1 is 1.16 bits per heavy atom. The zero-order valence-corrected chi connectivity index (χ0v) is 22.4. The van der Waals surface area contributed by atoms with E-state index in [0.717, 1.165) is 18.2 Å². The molecule has 5 rings (SSSR count). The molecule has 0 atom stereocenters. The Hall–Kier alpha value is -3.17. The zero-order chi connectivity index (χ0) is 26.7. The van der Waals surface area contributed by atoms with Crippen molar-refractivity contribution in [2.45, 2.75) is 45.1 Å². The zero-order valence-electron chi connectivity index (χ0n) is 21.6. The number of hydrogen-bond donors (Lipinski definition) is 1. The summed E-state index contributed by atoms with van der Waals surface area (Å²) in [6, 6.07) is 8.14. The Labute approximate surface area is 226 Å². The summed E-state index contributed by atoms with van der Waals surface area (Å²) in [5.41, 5.74) is 0.748. The molecule has 0 spiro atoms. The van der Waals surface area contributed by atoms with Crippen LogP contribution in [0, 0.1) is 11.7 Å². The van der Waals surface area contributed by atoms with E-state index < -0.39 is 11.4 Å². The first-order chi connectivity index (χ1) is 18.3. The first-order valence-electron chi connectivity index (χ1n) is 13.0. The van der Waals surface area contributed by atoms with Crippen LogP contribution in [0.25, 0.3) is 10.9 Å². The number of cyclic esters (lactones) is 1. The molecule has 1 aliphatic heterocycles. The monoisotopic (exact) mass is 542 g/mol. The van der Waals surface area contributed by atoms with Gasteiger partial charge < -0.3 is 19.5 Å². The van der Waals surface area contributed by atoms with E-state index in [1.165, 1.54) is 31.3 Å². The van der Waals surface area contributed by atoms with E-state index >= 15 is 0 Å². The summed E-state index contributed by atoms with van der Waals surface area (Å²) in [7, 11) is 0. The van der Waals surface area contributed by atoms with E-state index in [4.69, 9.17) is 25.8 Å². The van der Waals surface area contributed by atoms with Crippen molar-refractivity contribution in [3.05, 3.63) is 47.5 Å². The molecule has 2 heterocycles. The SMILES string of the molecule is CC1(C)CN(CCOc2cc3ncnc(Nc4ccc(F)c(Cl)c4)c3cc2OCC2CCCC2)CC(=O)O1. The van der Waals surface area contributed by atoms with E-state index in [0.29, 0.717) is 60.7 Å². The number of nitrogens with zero attached hydrogens (tertiary/aromatic N) is 3. The molecule has 10 heteroatoms. The average Bonchev–Trinajstić information content (AvgIpc) is 3.38. The van der Waals surface area contributed by atoms with Crippen molar-refractivity contribution < 1.29 is 23.4 Å². The number of fused-ring (bicyclic) bond motifs is 1. The van der Waals surface area contributed by atoms with Crippen molar-refractivity contribution in [2.75, 3.05) is 38.2 Å². The van der Waals surface area contributed by atoms with Crippen LogP contribution in [-0.2, 0) is 9.53 Å². The lowest BCUT2D eigenvalue weighted by molar-refractivity contribution is -0.169. The number of hydrogen-bond acceptors (Lipinski definition) is 8. The number of ether oxygens (including phenoxy) is 3. The minimum absolute atomic E-state index is 0.0231. The van der Waals surface area contributed by atoms with Crippen LogP contribution in [-0.4, -0.2) is 59.3 Å². The summed E-state index contributed by atoms with van der Waals surface area (Å²) >= 11 is 5.96. The van der Waals surface area contributed by atoms with Crippen LogP contribution in [0.15, 0.2) is 36.7 Å². The van der Waals surface area contributed by atoms with Crippen LogP contribution in [0.1, 0.15) is 39.5 Å². The van der Waals surface area contributed by atoms with Gasteiger partial charge in [-0.2, -0.15) is 0 Å². The quantitative estimate of drug-likeness (QED) is 0.342. The van der Waals surface area contributed by atoms with Crippen molar-refractivity contribution >= 4 is 40.0 Å². The van der Waals surface area contributed by atoms with E-state index in [-0.39, 0.29) is 17.5 Å². The number of morpholine rings is 1. The fourth-order valence-electron chi connectivity index (χ4n) is 5.08. The van der Waals surface area contributed by atoms with Gasteiger partial charge in [0, 0.05) is 30.2 Å². The van der Waals surface area contributed by atoms with Crippen LogP contribution in [0.4, 0.5) is 15.9 Å². The molecular formula is C28H32ClFN4O4. The highest BCUT2D eigenvalue weighted by Gasteiger charge is 2.32. The molecule has 38 heavy (non-hydrogen) atoms. The van der Waals surface area contributed by atoms with Gasteiger partial charge in [0.1, 0.15) is 30.2 Å². The summed E-state index contributed by atoms with van der Waals surface area (Å²) in [5, 5.41) is 3.97. The van der Waals surface area contributed by atoms with E-state index in [9.17, 15) is 9.18 Å². The highest BCUT2D eigenvalue weighted by atomic mass is 35.5. The second-order valence-electron chi connectivity index (χ2n) is 10.5. The van der Waals surface area contributed by atoms with Crippen LogP contribution < -0.4 is 14.8 Å². The van der Waals surface area contributed by atoms with Crippen LogP contribution in [0.5, 0.6) is 11.5 Å². The smallest absolute Gasteiger partial charge is 0.320 e. The summed E-state index contributed by atoms with van der Waals surface area (Å²) in [6.45, 7) is 6.24. The number of halogens is 2. The number of rotatable bonds is 9. The van der Waals surface area contributed by atoms with Gasteiger partial charge in [0.2, 0.25) is 0 Å².